The molecule has 19 heteroatoms. The van der Waals surface area contributed by atoms with Gasteiger partial charge in [-0.05, 0) is 12.8 Å². The molecule has 320 valence electrons. The third-order valence-electron chi connectivity index (χ3n) is 4.98. The minimum absolute atomic E-state index is 0.0476. The second-order valence-corrected chi connectivity index (χ2v) is 10.8. The Morgan fingerprint density at radius 1 is 0.415 bits per heavy atom. The zero-order valence-corrected chi connectivity index (χ0v) is 33.5. The van der Waals surface area contributed by atoms with Gasteiger partial charge in [0, 0.05) is 73.6 Å². The summed E-state index contributed by atoms with van der Waals surface area (Å²) in [5.41, 5.74) is 14.6. The Balaban J connectivity index is -0.0000000777. The molecule has 0 aliphatic heterocycles. The maximum absolute atomic E-state index is 10.7. The summed E-state index contributed by atoms with van der Waals surface area (Å²) in [4.78, 5) is 66.4. The molecule has 2 amide bonds. The van der Waals surface area contributed by atoms with Gasteiger partial charge in [0.1, 0.15) is 0 Å². The Hall–Kier alpha value is -3.91. The summed E-state index contributed by atoms with van der Waals surface area (Å²) >= 11 is 0. The van der Waals surface area contributed by atoms with E-state index in [9.17, 15) is 9.59 Å². The summed E-state index contributed by atoms with van der Waals surface area (Å²) in [5, 5.41) is 40.1. The summed E-state index contributed by atoms with van der Waals surface area (Å²) in [7, 11) is 0. The predicted molar refractivity (Wildman–Crippen MR) is 207 cm³/mol. The molecule has 0 aromatic rings. The second kappa shape index (κ2) is 66.3. The van der Waals surface area contributed by atoms with E-state index in [1.807, 2.05) is 0 Å². The molecular weight excluding hydrogens is 698 g/mol. The van der Waals surface area contributed by atoms with Crippen LogP contribution in [0.4, 0.5) is 0 Å². The number of hydrazine groups is 2. The number of carbonyl (C=O) groups excluding carboxylic acids is 2. The Bertz CT molecular complexity index is 699. The van der Waals surface area contributed by atoms with Crippen molar-refractivity contribution in [2.24, 2.45) is 23.2 Å². The highest BCUT2D eigenvalue weighted by molar-refractivity contribution is 5.75. The third-order valence-corrected chi connectivity index (χ3v) is 4.98. The van der Waals surface area contributed by atoms with Crippen LogP contribution in [0.5, 0.6) is 0 Å². The molecule has 19 nitrogen and oxygen atoms in total. The zero-order chi connectivity index (χ0) is 43.3. The molecule has 0 unspecified atom stereocenters. The molecule has 0 aliphatic rings. The number of nitrogens with one attached hydrogen (secondary N) is 3. The van der Waals surface area contributed by atoms with Crippen molar-refractivity contribution in [3.8, 4) is 0 Å². The maximum atomic E-state index is 10.7. The monoisotopic (exact) mass is 776 g/mol. The van der Waals surface area contributed by atoms with Crippen LogP contribution >= 0.6 is 0 Å². The molecule has 0 atom stereocenters. The third kappa shape index (κ3) is 209. The number of rotatable bonds is 20. The summed E-state index contributed by atoms with van der Waals surface area (Å²) in [6, 6.07) is 0. The largest absolute Gasteiger partial charge is 0.481 e. The lowest BCUT2D eigenvalue weighted by Gasteiger charge is -2.00. The van der Waals surface area contributed by atoms with Gasteiger partial charge in [-0.25, -0.2) is 11.7 Å². The average molecular weight is 776 g/mol. The Kier molecular flexibility index (Phi) is 84.2. The van der Waals surface area contributed by atoms with Gasteiger partial charge in [-0.15, -0.1) is 0 Å². The van der Waals surface area contributed by atoms with Gasteiger partial charge in [0.05, 0.1) is 0 Å². The summed E-state index contributed by atoms with van der Waals surface area (Å²) in [6.07, 6.45) is 18.4. The van der Waals surface area contributed by atoms with Crippen molar-refractivity contribution in [2.45, 2.75) is 151 Å². The van der Waals surface area contributed by atoms with Crippen molar-refractivity contribution in [2.75, 3.05) is 26.2 Å². The van der Waals surface area contributed by atoms with E-state index in [4.69, 9.17) is 72.7 Å². The van der Waals surface area contributed by atoms with E-state index in [1.54, 1.807) is 0 Å². The van der Waals surface area contributed by atoms with Crippen LogP contribution in [0.2, 0.25) is 0 Å². The molecule has 0 rings (SSSR count). The summed E-state index contributed by atoms with van der Waals surface area (Å²) < 4.78 is 0. The lowest BCUT2D eigenvalue weighted by molar-refractivity contribution is -0.135. The van der Waals surface area contributed by atoms with Gasteiger partial charge in [0.25, 0.3) is 29.8 Å². The fourth-order valence-electron chi connectivity index (χ4n) is 2.96. The van der Waals surface area contributed by atoms with Crippen molar-refractivity contribution in [3.63, 3.8) is 0 Å². The number of hydrogen-bond acceptors (Lipinski definition) is 12. The average Bonchev–Trinajstić information content (AvgIpc) is 3.03. The summed E-state index contributed by atoms with van der Waals surface area (Å²) in [6.45, 7) is 13.0. The molecule has 0 spiro atoms. The SMILES string of the molecule is CC(=O)O.CC(=O)O.CC(=O)O.CC(=O)O.CC(=O)O.CCCCCCCCCC(=O)NN.CCCCCCCCCC(=O)NN.NCCNCCN. The molecule has 0 fully saturated rings. The van der Waals surface area contributed by atoms with Crippen LogP contribution in [0.1, 0.15) is 151 Å². The lowest BCUT2D eigenvalue weighted by atomic mass is 10.1. The maximum Gasteiger partial charge on any atom is 0.300 e. The van der Waals surface area contributed by atoms with Crippen molar-refractivity contribution in [3.05, 3.63) is 0 Å². The number of hydrogen-bond donors (Lipinski definition) is 12. The van der Waals surface area contributed by atoms with Crippen LogP contribution in [-0.2, 0) is 33.6 Å². The van der Waals surface area contributed by atoms with Crippen LogP contribution in [0.25, 0.3) is 0 Å². The Labute approximate surface area is 317 Å². The molecule has 0 saturated heterocycles. The molecule has 0 radical (unpaired) electrons. The van der Waals surface area contributed by atoms with Crippen molar-refractivity contribution in [1.82, 2.24) is 16.2 Å². The molecule has 0 aromatic carbocycles. The zero-order valence-electron chi connectivity index (χ0n) is 33.5. The van der Waals surface area contributed by atoms with E-state index in [-0.39, 0.29) is 11.8 Å². The van der Waals surface area contributed by atoms with E-state index in [0.717, 1.165) is 73.4 Å². The minimum atomic E-state index is -0.833. The first-order valence-corrected chi connectivity index (χ1v) is 17.8. The highest BCUT2D eigenvalue weighted by Crippen LogP contribution is 2.08. The quantitative estimate of drug-likeness (QED) is 0.0365. The van der Waals surface area contributed by atoms with E-state index in [0.29, 0.717) is 25.9 Å². The summed E-state index contributed by atoms with van der Waals surface area (Å²) in [5.74, 6) is 5.64. The number of nitrogens with two attached hydrogens (primary N) is 4. The molecular formula is C34H77N7O12. The van der Waals surface area contributed by atoms with Gasteiger partial charge in [0.2, 0.25) is 11.8 Å². The molecule has 0 saturated carbocycles. The fraction of sp³-hybridized carbons (Fsp3) is 0.794. The van der Waals surface area contributed by atoms with Gasteiger partial charge in [0.15, 0.2) is 0 Å². The van der Waals surface area contributed by atoms with Crippen LogP contribution in [-0.4, -0.2) is 93.4 Å². The first-order chi connectivity index (χ1) is 24.7. The number of amides is 2. The van der Waals surface area contributed by atoms with Gasteiger partial charge in [-0.2, -0.15) is 0 Å². The first-order valence-electron chi connectivity index (χ1n) is 17.8. The molecule has 16 N–H and O–H groups in total. The number of carboxylic acids is 5. The number of unbranched alkanes of at least 4 members (excludes halogenated alkanes) is 12. The minimum Gasteiger partial charge on any atom is -0.481 e. The van der Waals surface area contributed by atoms with E-state index in [2.05, 4.69) is 30.0 Å². The topological polar surface area (TPSA) is 361 Å². The molecule has 0 aromatic heterocycles. The molecule has 0 aliphatic carbocycles. The number of aliphatic carboxylic acids is 5. The smallest absolute Gasteiger partial charge is 0.300 e. The van der Waals surface area contributed by atoms with Crippen molar-refractivity contribution >= 4 is 41.7 Å². The Morgan fingerprint density at radius 2 is 0.604 bits per heavy atom. The van der Waals surface area contributed by atoms with E-state index >= 15 is 0 Å². The second-order valence-electron chi connectivity index (χ2n) is 10.8. The van der Waals surface area contributed by atoms with Crippen LogP contribution in [0, 0.1) is 0 Å². The van der Waals surface area contributed by atoms with Crippen LogP contribution in [0.3, 0.4) is 0 Å². The van der Waals surface area contributed by atoms with Crippen LogP contribution in [0.15, 0.2) is 0 Å². The van der Waals surface area contributed by atoms with E-state index in [1.165, 1.54) is 64.2 Å². The van der Waals surface area contributed by atoms with Crippen LogP contribution < -0.4 is 39.3 Å². The molecule has 0 heterocycles. The van der Waals surface area contributed by atoms with Gasteiger partial charge in [-0.3, -0.25) is 44.4 Å². The van der Waals surface area contributed by atoms with Gasteiger partial charge in [-0.1, -0.05) is 90.9 Å². The predicted octanol–water partition coefficient (Wildman–Crippen LogP) is 3.18. The normalized spacial score (nSPS) is 8.51. The van der Waals surface area contributed by atoms with Gasteiger partial charge >= 0.3 is 0 Å². The molecule has 0 bridgehead atoms. The van der Waals surface area contributed by atoms with Crippen molar-refractivity contribution in [1.29, 1.82) is 0 Å². The molecule has 53 heavy (non-hydrogen) atoms. The highest BCUT2D eigenvalue weighted by Gasteiger charge is 1.98. The fourth-order valence-corrected chi connectivity index (χ4v) is 2.96. The number of carboxylic acid groups (broad SMARTS) is 5. The number of carbonyl (C=O) groups is 7. The first kappa shape index (κ1) is 67.2. The van der Waals surface area contributed by atoms with Gasteiger partial charge < -0.3 is 42.3 Å². The van der Waals surface area contributed by atoms with E-state index < -0.39 is 29.8 Å². The van der Waals surface area contributed by atoms with Crippen molar-refractivity contribution < 1.29 is 59.1 Å². The highest BCUT2D eigenvalue weighted by atomic mass is 16.4. The standard InChI is InChI=1S/2C10H22N2O.C4H13N3.5C2H4O2/c2*1-2-3-4-5-6-7-8-9-10(13)12-11;5-1-3-7-4-2-6;5*1-2(3)4/h2*2-9,11H2,1H3,(H,12,13);7H,1-6H2;5*1H3,(H,3,4). The lowest BCUT2D eigenvalue weighted by Crippen LogP contribution is -2.29. The Morgan fingerprint density at radius 3 is 0.774 bits per heavy atom.